The van der Waals surface area contributed by atoms with Crippen molar-refractivity contribution in [2.45, 2.75) is 123 Å². The van der Waals surface area contributed by atoms with Gasteiger partial charge < -0.3 is 48.0 Å². The van der Waals surface area contributed by atoms with Crippen LogP contribution >= 0.6 is 39.1 Å². The molecule has 0 radical (unpaired) electrons. The van der Waals surface area contributed by atoms with Crippen LogP contribution in [-0.2, 0) is 13.8 Å². The minimum atomic E-state index is -3.55. The van der Waals surface area contributed by atoms with Crippen LogP contribution < -0.4 is 28.8 Å². The van der Waals surface area contributed by atoms with Crippen molar-refractivity contribution >= 4 is 72.2 Å². The molecule has 3 atom stereocenters. The normalized spacial score (nSPS) is 15.2. The van der Waals surface area contributed by atoms with Crippen molar-refractivity contribution in [1.82, 2.24) is 25.3 Å². The summed E-state index contributed by atoms with van der Waals surface area (Å²) in [4.78, 5) is 47.0. The minimum Gasteiger partial charge on any atom is -1.00 e. The van der Waals surface area contributed by atoms with Crippen LogP contribution in [0.5, 0.6) is 0 Å². The Balaban J connectivity index is -0.000000386. The SMILES string of the molecule is CCN=C=NCCCN1CCCC1.CCN=C=NCCC[N+]1(CP)CCCC1.CCN=C=O.CCNC(=O)NCCCN1CCCC1.CCP.Cc1ccc(S(=O)(=O)Cl)cc1.NCCCN1CCCC1.P.[Cl-]. The number of quaternary nitrogens is 1. The Kier molecular flexibility index (Phi) is 59.1. The number of likely N-dealkylation sites (tertiary alicyclic amines) is 4. The van der Waals surface area contributed by atoms with Crippen LogP contribution in [0, 0.1) is 6.92 Å². The molecule has 4 saturated heterocycles. The maximum absolute atomic E-state index is 11.0. The van der Waals surface area contributed by atoms with Gasteiger partial charge in [0, 0.05) is 62.7 Å². The Morgan fingerprint density at radius 3 is 1.50 bits per heavy atom. The number of nitrogens with zero attached hydrogens (tertiary/aromatic N) is 9. The number of hydrogen-bond acceptors (Lipinski definition) is 13. The van der Waals surface area contributed by atoms with E-state index in [4.69, 9.17) is 21.2 Å². The zero-order valence-electron chi connectivity index (χ0n) is 45.6. The van der Waals surface area contributed by atoms with E-state index in [0.29, 0.717) is 13.1 Å². The van der Waals surface area contributed by atoms with Crippen molar-refractivity contribution < 1.29 is 34.9 Å². The highest BCUT2D eigenvalue weighted by molar-refractivity contribution is 8.13. The first-order valence-electron chi connectivity index (χ1n) is 26.2. The summed E-state index contributed by atoms with van der Waals surface area (Å²) in [7, 11) is 7.01. The molecule has 4 aliphatic rings. The number of amides is 2. The first-order valence-corrected chi connectivity index (χ1v) is 30.1. The fourth-order valence-electron chi connectivity index (χ4n) is 7.53. The first-order chi connectivity index (χ1) is 33.8. The molecule has 2 amide bonds. The smallest absolute Gasteiger partial charge is 0.314 e. The highest BCUT2D eigenvalue weighted by Gasteiger charge is 2.29. The summed E-state index contributed by atoms with van der Waals surface area (Å²) in [6.45, 7) is 33.0. The van der Waals surface area contributed by atoms with E-state index in [0.717, 1.165) is 64.2 Å². The molecule has 72 heavy (non-hydrogen) atoms. The van der Waals surface area contributed by atoms with Crippen LogP contribution in [0.3, 0.4) is 0 Å². The minimum absolute atomic E-state index is 0. The van der Waals surface area contributed by atoms with Crippen molar-refractivity contribution in [3.05, 3.63) is 29.8 Å². The van der Waals surface area contributed by atoms with Crippen LogP contribution in [0.25, 0.3) is 0 Å². The number of aliphatic imine (C=N–C) groups is 5. The molecule has 0 aliphatic carbocycles. The Morgan fingerprint density at radius 2 is 1.12 bits per heavy atom. The lowest BCUT2D eigenvalue weighted by Gasteiger charge is -2.32. The summed E-state index contributed by atoms with van der Waals surface area (Å²) in [5.74, 6) is 0. The van der Waals surface area contributed by atoms with Gasteiger partial charge in [-0.2, -0.15) is 9.90 Å². The molecule has 4 aliphatic heterocycles. The van der Waals surface area contributed by atoms with Gasteiger partial charge in [0.15, 0.2) is 0 Å². The average molecular weight is 1130 g/mol. The lowest BCUT2D eigenvalue weighted by atomic mass is 10.2. The van der Waals surface area contributed by atoms with Crippen LogP contribution in [0.1, 0.15) is 117 Å². The van der Waals surface area contributed by atoms with E-state index < -0.39 is 9.05 Å². The van der Waals surface area contributed by atoms with E-state index in [2.05, 4.69) is 87.7 Å². The molecule has 16 nitrogen and oxygen atoms in total. The predicted octanol–water partition coefficient (Wildman–Crippen LogP) is 5.11. The molecule has 5 rings (SSSR count). The van der Waals surface area contributed by atoms with Gasteiger partial charge in [-0.25, -0.2) is 43.0 Å². The summed E-state index contributed by atoms with van der Waals surface area (Å²) < 4.78 is 22.7. The number of aryl methyl sites for hydroxylation is 1. The van der Waals surface area contributed by atoms with Crippen molar-refractivity contribution in [2.75, 3.05) is 143 Å². The van der Waals surface area contributed by atoms with Crippen LogP contribution in [0.2, 0.25) is 0 Å². The third kappa shape index (κ3) is 47.9. The summed E-state index contributed by atoms with van der Waals surface area (Å²) in [6, 6.07) is 11.7. The number of isocyanates is 1. The zero-order chi connectivity index (χ0) is 52.4. The molecule has 22 heteroatoms. The van der Waals surface area contributed by atoms with E-state index in [1.807, 2.05) is 27.7 Å². The standard InChI is InChI=1S/C11H23N3P.C10H21N3O.C10H19N3.C7H7ClO2S.C7H16N2.C3H5NO.C2H7P.ClH.H3P/c1-2-12-10-13-6-5-9-14(11-15)7-3-4-8-14;1-2-11-10(14)12-6-5-9-13-7-3-4-8-13;1-2-11-10-12-6-5-9-13-7-3-4-8-13;1-6-2-4-7(5-3-6)11(8,9)10;8-4-3-7-9-5-1-2-6-9;1-2-4-3-5;1-2-3;;/h2-9,11,15H2,1H3;2-9H2,1H3,(H2,11,12,14);2-9H2,1H3;2-5H,1H3;1-8H2;2H2,1H3;2-3H2,1H3;1H;1H3/q+1;;;;;;;;/p-1. The summed E-state index contributed by atoms with van der Waals surface area (Å²) in [5.41, 5.74) is 6.39. The Labute approximate surface area is 457 Å². The molecule has 0 saturated carbocycles. The Hall–Kier alpha value is -1.75. The molecule has 3 unspecified atom stereocenters. The third-order valence-electron chi connectivity index (χ3n) is 11.2. The number of benzene rings is 1. The van der Waals surface area contributed by atoms with E-state index in [1.54, 1.807) is 19.1 Å². The highest BCUT2D eigenvalue weighted by Crippen LogP contribution is 2.21. The molecule has 4 fully saturated rings. The van der Waals surface area contributed by atoms with Gasteiger partial charge in [-0.1, -0.05) is 33.9 Å². The van der Waals surface area contributed by atoms with Gasteiger partial charge >= 0.3 is 6.03 Å². The number of carbonyl (C=O) groups excluding carboxylic acids is 2. The topological polar surface area (TPSA) is 190 Å². The molecule has 420 valence electrons. The number of carbonyl (C=O) groups is 1. The van der Waals surface area contributed by atoms with Gasteiger partial charge in [0.1, 0.15) is 0 Å². The summed E-state index contributed by atoms with van der Waals surface area (Å²) >= 11 is 0. The summed E-state index contributed by atoms with van der Waals surface area (Å²) in [6.07, 6.45) is 19.3. The van der Waals surface area contributed by atoms with Gasteiger partial charge in [0.25, 0.3) is 9.05 Å². The van der Waals surface area contributed by atoms with Gasteiger partial charge in [-0.3, -0.25) is 0 Å². The van der Waals surface area contributed by atoms with Gasteiger partial charge in [-0.15, -0.1) is 9.24 Å². The fourth-order valence-corrected chi connectivity index (χ4v) is 8.85. The Morgan fingerprint density at radius 1 is 0.694 bits per heavy atom. The molecule has 1 aromatic rings. The average Bonchev–Trinajstić information content (AvgIpc) is 4.22. The van der Waals surface area contributed by atoms with E-state index in [-0.39, 0.29) is 33.2 Å². The van der Waals surface area contributed by atoms with Crippen molar-refractivity contribution in [3.63, 3.8) is 0 Å². The quantitative estimate of drug-likeness (QED) is 0.0378. The maximum atomic E-state index is 11.0. The van der Waals surface area contributed by atoms with Crippen LogP contribution in [-0.4, -0.2) is 195 Å². The lowest BCUT2D eigenvalue weighted by molar-refractivity contribution is -0.905. The monoisotopic (exact) mass is 1130 g/mol. The number of rotatable bonds is 21. The molecule has 0 spiro atoms. The number of nitrogens with two attached hydrogens (primary N) is 1. The predicted molar refractivity (Wildman–Crippen MR) is 315 cm³/mol. The second kappa shape index (κ2) is 55.5. The van der Waals surface area contributed by atoms with Crippen molar-refractivity contribution in [3.8, 4) is 0 Å². The van der Waals surface area contributed by atoms with Gasteiger partial charge in [0.2, 0.25) is 6.08 Å². The molecule has 1 aromatic carbocycles. The fraction of sp³-hybridized carbons (Fsp3) is 0.800. The molecule has 4 N–H and O–H groups in total. The molecular weight excluding hydrogens is 1030 g/mol. The molecular formula is C50H101Cl2N12O4P3S. The molecule has 4 heterocycles. The number of nitrogens with one attached hydrogen (secondary N) is 2. The van der Waals surface area contributed by atoms with Gasteiger partial charge in [0.05, 0.1) is 55.9 Å². The van der Waals surface area contributed by atoms with Gasteiger partial charge in [-0.05, 0) is 176 Å². The van der Waals surface area contributed by atoms with Crippen LogP contribution in [0.15, 0.2) is 54.1 Å². The number of urea groups is 1. The third-order valence-corrected chi connectivity index (χ3v) is 13.4. The maximum Gasteiger partial charge on any atom is 0.314 e. The highest BCUT2D eigenvalue weighted by atomic mass is 35.7. The van der Waals surface area contributed by atoms with Crippen LogP contribution in [0.4, 0.5) is 4.79 Å². The number of hydrogen-bond donors (Lipinski definition) is 3. The molecule has 0 bridgehead atoms. The second-order valence-corrected chi connectivity index (χ2v) is 20.9. The largest absolute Gasteiger partial charge is 1.00 e. The summed E-state index contributed by atoms with van der Waals surface area (Å²) in [5, 5.41) is 5.54. The van der Waals surface area contributed by atoms with Crippen molar-refractivity contribution in [2.24, 2.45) is 30.7 Å². The van der Waals surface area contributed by atoms with E-state index in [1.165, 1.54) is 171 Å². The van der Waals surface area contributed by atoms with Crippen molar-refractivity contribution in [1.29, 1.82) is 0 Å². The Bertz CT molecular complexity index is 1670. The first kappa shape index (κ1) is 76.8. The van der Waals surface area contributed by atoms with E-state index in [9.17, 15) is 13.2 Å². The second-order valence-electron chi connectivity index (χ2n) is 17.2. The lowest BCUT2D eigenvalue weighted by Crippen LogP contribution is -3.00. The zero-order valence-corrected chi connectivity index (χ0v) is 51.7. The van der Waals surface area contributed by atoms with E-state index >= 15 is 0 Å². The molecule has 0 aromatic heterocycles. The number of halogens is 2.